The Morgan fingerprint density at radius 3 is 2.03 bits per heavy atom. The Hall–Kier alpha value is -3.07. The summed E-state index contributed by atoms with van der Waals surface area (Å²) in [4.78, 5) is 14.2. The van der Waals surface area contributed by atoms with E-state index in [2.05, 4.69) is 26.0 Å². The van der Waals surface area contributed by atoms with Crippen LogP contribution >= 0.6 is 27.7 Å². The molecule has 1 amide bonds. The van der Waals surface area contributed by atoms with Crippen LogP contribution < -0.4 is 10.0 Å². The van der Waals surface area contributed by atoms with Crippen LogP contribution in [0.25, 0.3) is 0 Å². The van der Waals surface area contributed by atoms with Crippen molar-refractivity contribution < 1.29 is 13.2 Å². The fourth-order valence-corrected chi connectivity index (χ4v) is 5.66. The molecule has 0 saturated heterocycles. The molecule has 1 atom stereocenters. The zero-order chi connectivity index (χ0) is 24.8. The molecular formula is C27H23BrN2O3S2. The molecule has 0 aromatic heterocycles. The van der Waals surface area contributed by atoms with Gasteiger partial charge in [0.15, 0.2) is 0 Å². The highest BCUT2D eigenvalue weighted by atomic mass is 79.9. The van der Waals surface area contributed by atoms with Gasteiger partial charge in [0.25, 0.3) is 10.0 Å². The lowest BCUT2D eigenvalue weighted by atomic mass is 10.1. The number of anilines is 2. The minimum absolute atomic E-state index is 0.146. The Balaban J connectivity index is 1.50. The molecule has 0 aliphatic heterocycles. The monoisotopic (exact) mass is 566 g/mol. The first-order valence-electron chi connectivity index (χ1n) is 10.8. The summed E-state index contributed by atoms with van der Waals surface area (Å²) in [6.45, 7) is 1.90. The van der Waals surface area contributed by atoms with E-state index in [1.165, 1.54) is 11.8 Å². The maximum Gasteiger partial charge on any atom is 0.261 e. The average molecular weight is 568 g/mol. The van der Waals surface area contributed by atoms with Crippen LogP contribution in [0.15, 0.2) is 117 Å². The number of halogens is 1. The van der Waals surface area contributed by atoms with E-state index in [9.17, 15) is 13.2 Å². The van der Waals surface area contributed by atoms with Crippen LogP contribution in [-0.4, -0.2) is 14.3 Å². The molecule has 4 aromatic rings. The highest BCUT2D eigenvalue weighted by molar-refractivity contribution is 9.10. The van der Waals surface area contributed by atoms with Gasteiger partial charge in [0.1, 0.15) is 5.25 Å². The molecule has 0 aliphatic carbocycles. The van der Waals surface area contributed by atoms with Gasteiger partial charge in [-0.1, -0.05) is 64.0 Å². The molecule has 0 heterocycles. The summed E-state index contributed by atoms with van der Waals surface area (Å²) in [6.07, 6.45) is 0. The van der Waals surface area contributed by atoms with Gasteiger partial charge in [0, 0.05) is 20.7 Å². The Morgan fingerprint density at radius 2 is 1.40 bits per heavy atom. The number of sulfonamides is 1. The Bertz CT molecular complexity index is 1390. The standard InChI is InChI=1S/C27H23BrN2O3S2/c1-19-7-17-25(18-8-19)35(32,33)30-23-13-15-24(16-14-23)34-26(20-5-3-2-4-6-20)27(31)29-22-11-9-21(28)10-12-22/h2-18,26,30H,1H3,(H,29,31). The summed E-state index contributed by atoms with van der Waals surface area (Å²) < 4.78 is 28.9. The third-order valence-electron chi connectivity index (χ3n) is 5.14. The van der Waals surface area contributed by atoms with Crippen molar-refractivity contribution in [3.63, 3.8) is 0 Å². The smallest absolute Gasteiger partial charge is 0.261 e. The van der Waals surface area contributed by atoms with Gasteiger partial charge < -0.3 is 5.32 Å². The van der Waals surface area contributed by atoms with Crippen LogP contribution in [0.2, 0.25) is 0 Å². The van der Waals surface area contributed by atoms with Crippen LogP contribution in [0.1, 0.15) is 16.4 Å². The first kappa shape index (κ1) is 25.0. The van der Waals surface area contributed by atoms with Crippen molar-refractivity contribution in [3.8, 4) is 0 Å². The summed E-state index contributed by atoms with van der Waals surface area (Å²) in [5.74, 6) is -0.146. The first-order chi connectivity index (χ1) is 16.8. The van der Waals surface area contributed by atoms with Gasteiger partial charge in [-0.2, -0.15) is 0 Å². The molecule has 2 N–H and O–H groups in total. The van der Waals surface area contributed by atoms with Crippen LogP contribution in [-0.2, 0) is 14.8 Å². The van der Waals surface area contributed by atoms with Crippen molar-refractivity contribution in [1.29, 1.82) is 0 Å². The Labute approximate surface area is 218 Å². The number of benzene rings is 4. The molecule has 0 saturated carbocycles. The minimum Gasteiger partial charge on any atom is -0.325 e. The number of carbonyl (C=O) groups is 1. The zero-order valence-electron chi connectivity index (χ0n) is 18.8. The number of nitrogens with one attached hydrogen (secondary N) is 2. The maximum atomic E-state index is 13.2. The van der Waals surface area contributed by atoms with Gasteiger partial charge in [-0.05, 0) is 73.2 Å². The van der Waals surface area contributed by atoms with E-state index in [-0.39, 0.29) is 10.8 Å². The second-order valence-electron chi connectivity index (χ2n) is 7.85. The molecule has 4 rings (SSSR count). The quantitative estimate of drug-likeness (QED) is 0.224. The Morgan fingerprint density at radius 1 is 0.800 bits per heavy atom. The van der Waals surface area contributed by atoms with Crippen LogP contribution in [0.4, 0.5) is 11.4 Å². The van der Waals surface area contributed by atoms with Crippen molar-refractivity contribution >= 4 is 55.0 Å². The van der Waals surface area contributed by atoms with Crippen molar-refractivity contribution in [2.24, 2.45) is 0 Å². The largest absolute Gasteiger partial charge is 0.325 e. The molecular weight excluding hydrogens is 544 g/mol. The van der Waals surface area contributed by atoms with Crippen molar-refractivity contribution in [1.82, 2.24) is 0 Å². The normalized spacial score (nSPS) is 12.1. The summed E-state index contributed by atoms with van der Waals surface area (Å²) in [6, 6.07) is 30.7. The van der Waals surface area contributed by atoms with E-state index >= 15 is 0 Å². The Kier molecular flexibility index (Phi) is 7.95. The van der Waals surface area contributed by atoms with Gasteiger partial charge in [-0.15, -0.1) is 11.8 Å². The first-order valence-corrected chi connectivity index (χ1v) is 13.9. The van der Waals surface area contributed by atoms with E-state index in [0.29, 0.717) is 11.4 Å². The van der Waals surface area contributed by atoms with E-state index in [0.717, 1.165) is 20.5 Å². The summed E-state index contributed by atoms with van der Waals surface area (Å²) in [7, 11) is -3.68. The fourth-order valence-electron chi connectivity index (χ4n) is 3.31. The van der Waals surface area contributed by atoms with E-state index in [1.807, 2.05) is 61.5 Å². The topological polar surface area (TPSA) is 75.3 Å². The van der Waals surface area contributed by atoms with Crippen LogP contribution in [0.3, 0.4) is 0 Å². The number of thioether (sulfide) groups is 1. The van der Waals surface area contributed by atoms with Crippen molar-refractivity contribution in [3.05, 3.63) is 119 Å². The molecule has 0 aliphatic rings. The van der Waals surface area contributed by atoms with E-state index < -0.39 is 15.3 Å². The number of amides is 1. The molecule has 1 unspecified atom stereocenters. The molecule has 0 fully saturated rings. The summed E-state index contributed by atoms with van der Waals surface area (Å²) >= 11 is 4.80. The highest BCUT2D eigenvalue weighted by Crippen LogP contribution is 2.37. The van der Waals surface area contributed by atoms with Gasteiger partial charge in [-0.25, -0.2) is 8.42 Å². The van der Waals surface area contributed by atoms with Gasteiger partial charge >= 0.3 is 0 Å². The minimum atomic E-state index is -3.68. The maximum absolute atomic E-state index is 13.2. The number of aryl methyl sites for hydroxylation is 1. The van der Waals surface area contributed by atoms with Gasteiger partial charge in [0.05, 0.1) is 4.90 Å². The third-order valence-corrected chi connectivity index (χ3v) is 8.34. The molecule has 4 aromatic carbocycles. The summed E-state index contributed by atoms with van der Waals surface area (Å²) in [5.41, 5.74) is 3.02. The molecule has 5 nitrogen and oxygen atoms in total. The van der Waals surface area contributed by atoms with Gasteiger partial charge in [-0.3, -0.25) is 9.52 Å². The number of hydrogen-bond acceptors (Lipinski definition) is 4. The second-order valence-corrected chi connectivity index (χ2v) is 11.6. The molecule has 0 bridgehead atoms. The number of carbonyl (C=O) groups excluding carboxylic acids is 1. The second kappa shape index (κ2) is 11.1. The van der Waals surface area contributed by atoms with Crippen LogP contribution in [0.5, 0.6) is 0 Å². The van der Waals surface area contributed by atoms with Crippen molar-refractivity contribution in [2.75, 3.05) is 10.0 Å². The lowest BCUT2D eigenvalue weighted by Gasteiger charge is -2.17. The SMILES string of the molecule is Cc1ccc(S(=O)(=O)Nc2ccc(SC(C(=O)Nc3ccc(Br)cc3)c3ccccc3)cc2)cc1. The molecule has 0 spiro atoms. The predicted octanol–water partition coefficient (Wildman–Crippen LogP) is 7.03. The highest BCUT2D eigenvalue weighted by Gasteiger charge is 2.22. The molecule has 178 valence electrons. The zero-order valence-corrected chi connectivity index (χ0v) is 22.0. The summed E-state index contributed by atoms with van der Waals surface area (Å²) in [5, 5.41) is 2.49. The van der Waals surface area contributed by atoms with E-state index in [1.54, 1.807) is 48.5 Å². The molecule has 35 heavy (non-hydrogen) atoms. The average Bonchev–Trinajstić information content (AvgIpc) is 2.85. The molecule has 0 radical (unpaired) electrons. The molecule has 8 heteroatoms. The predicted molar refractivity (Wildman–Crippen MR) is 146 cm³/mol. The number of hydrogen-bond donors (Lipinski definition) is 2. The van der Waals surface area contributed by atoms with Gasteiger partial charge in [0.2, 0.25) is 5.91 Å². The van der Waals surface area contributed by atoms with E-state index in [4.69, 9.17) is 0 Å². The lowest BCUT2D eigenvalue weighted by molar-refractivity contribution is -0.115. The fraction of sp³-hybridized carbons (Fsp3) is 0.0741. The lowest BCUT2D eigenvalue weighted by Crippen LogP contribution is -2.19. The number of rotatable bonds is 8. The van der Waals surface area contributed by atoms with Crippen LogP contribution in [0, 0.1) is 6.92 Å². The van der Waals surface area contributed by atoms with Crippen molar-refractivity contribution in [2.45, 2.75) is 22.0 Å². The third kappa shape index (κ3) is 6.75.